The van der Waals surface area contributed by atoms with Crippen LogP contribution in [0, 0.1) is 0 Å². The number of imidazole rings is 1. The minimum atomic E-state index is 0.723. The molecule has 3 aromatic rings. The van der Waals surface area contributed by atoms with Crippen molar-refractivity contribution in [1.29, 1.82) is 0 Å². The fourth-order valence-corrected chi connectivity index (χ4v) is 2.34. The van der Waals surface area contributed by atoms with Gasteiger partial charge in [-0.05, 0) is 35.1 Å². The number of halogens is 1. The molecule has 3 rings (SSSR count). The van der Waals surface area contributed by atoms with E-state index in [1.54, 1.807) is 0 Å². The molecule has 18 heavy (non-hydrogen) atoms. The standard InChI is InChI=1S/C12H11BrN4O/c1-14-5-9-11(17-12(13)16-9)7-2-3-8-10(4-7)18-6-15-8/h2-4,6,14H,5H2,1H3,(H,16,17). The highest BCUT2D eigenvalue weighted by molar-refractivity contribution is 9.10. The van der Waals surface area contributed by atoms with E-state index in [0.717, 1.165) is 39.3 Å². The molecule has 92 valence electrons. The average Bonchev–Trinajstić information content (AvgIpc) is 2.95. The van der Waals surface area contributed by atoms with E-state index in [0.29, 0.717) is 0 Å². The molecule has 0 unspecified atom stereocenters. The molecule has 2 aromatic heterocycles. The van der Waals surface area contributed by atoms with Crippen molar-refractivity contribution in [3.8, 4) is 11.3 Å². The number of nitrogens with one attached hydrogen (secondary N) is 2. The lowest BCUT2D eigenvalue weighted by atomic mass is 10.1. The molecule has 0 amide bonds. The summed E-state index contributed by atoms with van der Waals surface area (Å²) < 4.78 is 6.03. The SMILES string of the molecule is CNCc1[nH]c(Br)nc1-c1ccc2ncoc2c1. The van der Waals surface area contributed by atoms with Crippen molar-refractivity contribution in [1.82, 2.24) is 20.3 Å². The molecule has 0 atom stereocenters. The van der Waals surface area contributed by atoms with Gasteiger partial charge in [-0.1, -0.05) is 6.07 Å². The zero-order chi connectivity index (χ0) is 12.5. The Hall–Kier alpha value is -1.66. The highest BCUT2D eigenvalue weighted by Gasteiger charge is 2.11. The maximum absolute atomic E-state index is 5.31. The normalized spacial score (nSPS) is 11.2. The van der Waals surface area contributed by atoms with Crippen molar-refractivity contribution >= 4 is 27.0 Å². The molecule has 0 aliphatic heterocycles. The van der Waals surface area contributed by atoms with Crippen molar-refractivity contribution in [2.75, 3.05) is 7.05 Å². The van der Waals surface area contributed by atoms with Crippen LogP contribution in [0.1, 0.15) is 5.69 Å². The third kappa shape index (κ3) is 1.93. The first-order valence-electron chi connectivity index (χ1n) is 5.50. The monoisotopic (exact) mass is 306 g/mol. The molecule has 0 saturated heterocycles. The van der Waals surface area contributed by atoms with Crippen LogP contribution in [-0.2, 0) is 6.54 Å². The second kappa shape index (κ2) is 4.55. The van der Waals surface area contributed by atoms with Crippen LogP contribution in [0.25, 0.3) is 22.4 Å². The lowest BCUT2D eigenvalue weighted by Gasteiger charge is -2.01. The summed E-state index contributed by atoms with van der Waals surface area (Å²) >= 11 is 3.36. The van der Waals surface area contributed by atoms with Gasteiger partial charge in [0.2, 0.25) is 0 Å². The van der Waals surface area contributed by atoms with Crippen LogP contribution in [0.5, 0.6) is 0 Å². The van der Waals surface area contributed by atoms with Crippen LogP contribution < -0.4 is 5.32 Å². The van der Waals surface area contributed by atoms with E-state index < -0.39 is 0 Å². The Morgan fingerprint density at radius 2 is 2.33 bits per heavy atom. The Labute approximate surface area is 112 Å². The highest BCUT2D eigenvalue weighted by atomic mass is 79.9. The fourth-order valence-electron chi connectivity index (χ4n) is 1.92. The molecule has 2 heterocycles. The second-order valence-electron chi connectivity index (χ2n) is 3.92. The van der Waals surface area contributed by atoms with Crippen molar-refractivity contribution in [2.45, 2.75) is 6.54 Å². The molecule has 0 fully saturated rings. The fraction of sp³-hybridized carbons (Fsp3) is 0.167. The van der Waals surface area contributed by atoms with Gasteiger partial charge in [0.15, 0.2) is 16.7 Å². The Bertz CT molecular complexity index is 688. The van der Waals surface area contributed by atoms with Crippen LogP contribution in [0.2, 0.25) is 0 Å². The first-order valence-corrected chi connectivity index (χ1v) is 6.30. The van der Waals surface area contributed by atoms with Gasteiger partial charge in [0.25, 0.3) is 0 Å². The molecule has 0 radical (unpaired) electrons. The number of benzene rings is 1. The van der Waals surface area contributed by atoms with Crippen molar-refractivity contribution < 1.29 is 4.42 Å². The van der Waals surface area contributed by atoms with E-state index in [9.17, 15) is 0 Å². The topological polar surface area (TPSA) is 66.7 Å². The van der Waals surface area contributed by atoms with E-state index >= 15 is 0 Å². The number of hydrogen-bond acceptors (Lipinski definition) is 4. The zero-order valence-corrected chi connectivity index (χ0v) is 11.3. The second-order valence-corrected chi connectivity index (χ2v) is 4.67. The summed E-state index contributed by atoms with van der Waals surface area (Å²) in [7, 11) is 1.90. The summed E-state index contributed by atoms with van der Waals surface area (Å²) in [6, 6.07) is 5.87. The van der Waals surface area contributed by atoms with E-state index in [2.05, 4.69) is 36.2 Å². The van der Waals surface area contributed by atoms with E-state index in [1.807, 2.05) is 25.2 Å². The zero-order valence-electron chi connectivity index (χ0n) is 9.70. The largest absolute Gasteiger partial charge is 0.443 e. The maximum Gasteiger partial charge on any atom is 0.181 e. The molecule has 0 bridgehead atoms. The van der Waals surface area contributed by atoms with Crippen molar-refractivity contribution in [2.24, 2.45) is 0 Å². The Morgan fingerprint density at radius 3 is 3.17 bits per heavy atom. The third-order valence-electron chi connectivity index (χ3n) is 2.71. The molecule has 0 spiro atoms. The Balaban J connectivity index is 2.12. The van der Waals surface area contributed by atoms with E-state index in [1.165, 1.54) is 6.39 Å². The number of aromatic nitrogens is 3. The van der Waals surface area contributed by atoms with Gasteiger partial charge in [-0.3, -0.25) is 0 Å². The quantitative estimate of drug-likeness (QED) is 0.781. The van der Waals surface area contributed by atoms with Gasteiger partial charge in [0.05, 0.1) is 11.4 Å². The van der Waals surface area contributed by atoms with Gasteiger partial charge < -0.3 is 14.7 Å². The van der Waals surface area contributed by atoms with Crippen molar-refractivity contribution in [3.63, 3.8) is 0 Å². The van der Waals surface area contributed by atoms with E-state index in [4.69, 9.17) is 4.42 Å². The van der Waals surface area contributed by atoms with Crippen LogP contribution in [0.4, 0.5) is 0 Å². The van der Waals surface area contributed by atoms with Crippen LogP contribution in [-0.4, -0.2) is 22.0 Å². The predicted octanol–water partition coefficient (Wildman–Crippen LogP) is 2.70. The number of oxazole rings is 1. The minimum Gasteiger partial charge on any atom is -0.443 e. The number of nitrogens with zero attached hydrogens (tertiary/aromatic N) is 2. The summed E-state index contributed by atoms with van der Waals surface area (Å²) in [4.78, 5) is 11.7. The summed E-state index contributed by atoms with van der Waals surface area (Å²) in [5.74, 6) is 0. The van der Waals surface area contributed by atoms with Gasteiger partial charge in [-0.25, -0.2) is 9.97 Å². The van der Waals surface area contributed by atoms with Gasteiger partial charge in [0, 0.05) is 12.1 Å². The number of fused-ring (bicyclic) bond motifs is 1. The van der Waals surface area contributed by atoms with Crippen LogP contribution >= 0.6 is 15.9 Å². The molecule has 0 saturated carbocycles. The summed E-state index contributed by atoms with van der Waals surface area (Å²) in [5, 5.41) is 3.11. The molecule has 0 aliphatic carbocycles. The number of rotatable bonds is 3. The first-order chi connectivity index (χ1) is 8.78. The average molecular weight is 307 g/mol. The predicted molar refractivity (Wildman–Crippen MR) is 72.1 cm³/mol. The molecule has 1 aromatic carbocycles. The minimum absolute atomic E-state index is 0.723. The molecule has 2 N–H and O–H groups in total. The lowest BCUT2D eigenvalue weighted by Crippen LogP contribution is -2.06. The summed E-state index contributed by atoms with van der Waals surface area (Å²) in [6.45, 7) is 0.725. The van der Waals surface area contributed by atoms with Gasteiger partial charge in [-0.2, -0.15) is 0 Å². The Kier molecular flexibility index (Phi) is 2.89. The molecule has 0 aliphatic rings. The summed E-state index contributed by atoms with van der Waals surface area (Å²) in [5.41, 5.74) is 4.56. The summed E-state index contributed by atoms with van der Waals surface area (Å²) in [6.07, 6.45) is 1.45. The van der Waals surface area contributed by atoms with Crippen LogP contribution in [0.3, 0.4) is 0 Å². The third-order valence-corrected chi connectivity index (χ3v) is 3.08. The Morgan fingerprint density at radius 1 is 1.44 bits per heavy atom. The first kappa shape index (κ1) is 11.4. The molecular weight excluding hydrogens is 296 g/mol. The maximum atomic E-state index is 5.31. The number of hydrogen-bond donors (Lipinski definition) is 2. The smallest absolute Gasteiger partial charge is 0.181 e. The van der Waals surface area contributed by atoms with Gasteiger partial charge >= 0.3 is 0 Å². The van der Waals surface area contributed by atoms with Crippen LogP contribution in [0.15, 0.2) is 33.7 Å². The molecular formula is C12H11BrN4O. The van der Waals surface area contributed by atoms with Gasteiger partial charge in [0.1, 0.15) is 5.52 Å². The molecule has 6 heteroatoms. The van der Waals surface area contributed by atoms with Crippen molar-refractivity contribution in [3.05, 3.63) is 35.0 Å². The van der Waals surface area contributed by atoms with E-state index in [-0.39, 0.29) is 0 Å². The van der Waals surface area contributed by atoms with Gasteiger partial charge in [-0.15, -0.1) is 0 Å². The highest BCUT2D eigenvalue weighted by Crippen LogP contribution is 2.26. The number of H-pyrrole nitrogens is 1. The lowest BCUT2D eigenvalue weighted by molar-refractivity contribution is 0.602. The molecule has 5 nitrogen and oxygen atoms in total. The number of aromatic amines is 1.